The van der Waals surface area contributed by atoms with Crippen LogP contribution in [0.4, 0.5) is 0 Å². The minimum atomic E-state index is -0.359. The smallest absolute Gasteiger partial charge is 0.255 e. The average molecular weight is 278 g/mol. The van der Waals surface area contributed by atoms with E-state index >= 15 is 0 Å². The summed E-state index contributed by atoms with van der Waals surface area (Å²) in [6, 6.07) is 7.29. The molecular formula is C14H18N2O2S. The first kappa shape index (κ1) is 14.0. The predicted octanol–water partition coefficient (Wildman–Crippen LogP) is 1.91. The van der Waals surface area contributed by atoms with Gasteiger partial charge in [0.1, 0.15) is 0 Å². The van der Waals surface area contributed by atoms with Gasteiger partial charge in [-0.3, -0.25) is 4.79 Å². The number of pyridine rings is 1. The van der Waals surface area contributed by atoms with E-state index in [0.29, 0.717) is 18.7 Å². The summed E-state index contributed by atoms with van der Waals surface area (Å²) < 4.78 is 6.75. The first-order valence-corrected chi connectivity index (χ1v) is 7.01. The van der Waals surface area contributed by atoms with Crippen LogP contribution in [0.5, 0.6) is 0 Å². The minimum absolute atomic E-state index is 0.0297. The van der Waals surface area contributed by atoms with Crippen LogP contribution in [-0.2, 0) is 11.3 Å². The summed E-state index contributed by atoms with van der Waals surface area (Å²) in [6.45, 7) is 2.97. The molecule has 2 aromatic heterocycles. The molecule has 0 aliphatic heterocycles. The van der Waals surface area contributed by atoms with Crippen LogP contribution >= 0.6 is 11.3 Å². The topological polar surface area (TPSA) is 57.2 Å². The number of thiophene rings is 1. The molecule has 1 unspecified atom stereocenters. The average Bonchev–Trinajstić information content (AvgIpc) is 2.92. The van der Waals surface area contributed by atoms with Crippen molar-refractivity contribution in [3.8, 4) is 0 Å². The Morgan fingerprint density at radius 1 is 1.42 bits per heavy atom. The number of aromatic nitrogens is 1. The van der Waals surface area contributed by atoms with Crippen molar-refractivity contribution in [3.05, 3.63) is 56.1 Å². The fourth-order valence-electron chi connectivity index (χ4n) is 2.01. The summed E-state index contributed by atoms with van der Waals surface area (Å²) >= 11 is 1.56. The molecule has 0 aromatic carbocycles. The van der Waals surface area contributed by atoms with Crippen molar-refractivity contribution in [2.45, 2.75) is 19.5 Å². The molecule has 0 spiro atoms. The fourth-order valence-corrected chi connectivity index (χ4v) is 2.75. The molecule has 2 N–H and O–H groups in total. The highest BCUT2D eigenvalue weighted by Crippen LogP contribution is 2.21. The molecule has 0 aliphatic carbocycles. The molecule has 4 nitrogen and oxygen atoms in total. The Labute approximate surface area is 116 Å². The minimum Gasteiger partial charge on any atom is -0.383 e. The second-order valence-corrected chi connectivity index (χ2v) is 5.35. The highest BCUT2D eigenvalue weighted by molar-refractivity contribution is 7.10. The van der Waals surface area contributed by atoms with Crippen LogP contribution in [0, 0.1) is 6.92 Å². The lowest BCUT2D eigenvalue weighted by molar-refractivity contribution is 0.185. The first-order valence-electron chi connectivity index (χ1n) is 6.13. The summed E-state index contributed by atoms with van der Waals surface area (Å²) in [4.78, 5) is 13.5. The van der Waals surface area contributed by atoms with Crippen LogP contribution in [0.25, 0.3) is 0 Å². The van der Waals surface area contributed by atoms with Gasteiger partial charge in [0.05, 0.1) is 12.6 Å². The molecule has 2 aromatic rings. The second-order valence-electron chi connectivity index (χ2n) is 4.37. The molecule has 2 heterocycles. The van der Waals surface area contributed by atoms with Gasteiger partial charge in [-0.25, -0.2) is 0 Å². The van der Waals surface area contributed by atoms with Crippen molar-refractivity contribution in [1.82, 2.24) is 4.57 Å². The van der Waals surface area contributed by atoms with Gasteiger partial charge in [0.25, 0.3) is 5.56 Å². The largest absolute Gasteiger partial charge is 0.383 e. The van der Waals surface area contributed by atoms with Gasteiger partial charge in [-0.15, -0.1) is 11.3 Å². The Kier molecular flexibility index (Phi) is 4.52. The lowest BCUT2D eigenvalue weighted by atomic mass is 10.1. The van der Waals surface area contributed by atoms with Gasteiger partial charge in [0.15, 0.2) is 0 Å². The molecule has 0 saturated carbocycles. The van der Waals surface area contributed by atoms with Gasteiger partial charge in [0, 0.05) is 29.8 Å². The molecule has 0 saturated heterocycles. The molecule has 102 valence electrons. The monoisotopic (exact) mass is 278 g/mol. The summed E-state index contributed by atoms with van der Waals surface area (Å²) in [6.07, 6.45) is 0. The van der Waals surface area contributed by atoms with E-state index in [-0.39, 0.29) is 11.6 Å². The molecule has 2 rings (SSSR count). The molecule has 0 fully saturated rings. The number of aryl methyl sites for hydroxylation is 1. The SMILES string of the molecule is COCCn1c(C)ccc(C(N)c2cccs2)c1=O. The van der Waals surface area contributed by atoms with Crippen LogP contribution in [0.15, 0.2) is 34.4 Å². The van der Waals surface area contributed by atoms with Crippen LogP contribution in [0.3, 0.4) is 0 Å². The van der Waals surface area contributed by atoms with E-state index in [1.54, 1.807) is 23.0 Å². The molecule has 1 atom stereocenters. The molecule has 0 radical (unpaired) electrons. The number of ether oxygens (including phenoxy) is 1. The summed E-state index contributed by atoms with van der Waals surface area (Å²) in [5.41, 5.74) is 7.69. The summed E-state index contributed by atoms with van der Waals surface area (Å²) in [5, 5.41) is 1.97. The zero-order chi connectivity index (χ0) is 13.8. The van der Waals surface area contributed by atoms with Crippen molar-refractivity contribution in [2.24, 2.45) is 5.73 Å². The molecule has 5 heteroatoms. The first-order chi connectivity index (χ1) is 9.15. The standard InChI is InChI=1S/C14H18N2O2S/c1-10-5-6-11(13(15)12-4-3-9-19-12)14(17)16(10)7-8-18-2/h3-6,9,13H,7-8,15H2,1-2H3. The number of nitrogens with two attached hydrogens (primary N) is 1. The molecular weight excluding hydrogens is 260 g/mol. The van der Waals surface area contributed by atoms with Crippen LogP contribution in [0.1, 0.15) is 22.2 Å². The van der Waals surface area contributed by atoms with Crippen molar-refractivity contribution >= 4 is 11.3 Å². The molecule has 0 bridgehead atoms. The second kappa shape index (κ2) is 6.14. The number of nitrogens with zero attached hydrogens (tertiary/aromatic N) is 1. The van der Waals surface area contributed by atoms with E-state index in [1.165, 1.54) is 0 Å². The number of methoxy groups -OCH3 is 1. The van der Waals surface area contributed by atoms with Crippen molar-refractivity contribution in [1.29, 1.82) is 0 Å². The third kappa shape index (κ3) is 2.94. The number of rotatable bonds is 5. The van der Waals surface area contributed by atoms with E-state index in [2.05, 4.69) is 0 Å². The Morgan fingerprint density at radius 3 is 2.84 bits per heavy atom. The van der Waals surface area contributed by atoms with Gasteiger partial charge in [-0.05, 0) is 30.5 Å². The Hall–Kier alpha value is -1.43. The highest BCUT2D eigenvalue weighted by Gasteiger charge is 2.15. The van der Waals surface area contributed by atoms with E-state index in [4.69, 9.17) is 10.5 Å². The third-order valence-electron chi connectivity index (χ3n) is 3.13. The maximum Gasteiger partial charge on any atom is 0.255 e. The normalized spacial score (nSPS) is 12.6. The Bertz CT molecular complexity index is 590. The van der Waals surface area contributed by atoms with E-state index in [0.717, 1.165) is 10.6 Å². The Morgan fingerprint density at radius 2 is 2.21 bits per heavy atom. The van der Waals surface area contributed by atoms with Gasteiger partial charge in [-0.2, -0.15) is 0 Å². The van der Waals surface area contributed by atoms with Crippen molar-refractivity contribution < 1.29 is 4.74 Å². The lowest BCUT2D eigenvalue weighted by Crippen LogP contribution is -2.30. The van der Waals surface area contributed by atoms with E-state index < -0.39 is 0 Å². The summed E-state index contributed by atoms with van der Waals surface area (Å²) in [7, 11) is 1.63. The van der Waals surface area contributed by atoms with Crippen LogP contribution in [0.2, 0.25) is 0 Å². The summed E-state index contributed by atoms with van der Waals surface area (Å²) in [5.74, 6) is 0. The van der Waals surface area contributed by atoms with Crippen LogP contribution < -0.4 is 11.3 Å². The zero-order valence-corrected chi connectivity index (χ0v) is 11.9. The molecule has 0 aliphatic rings. The third-order valence-corrected chi connectivity index (χ3v) is 4.08. The zero-order valence-electron chi connectivity index (χ0n) is 11.1. The van der Waals surface area contributed by atoms with Crippen molar-refractivity contribution in [2.75, 3.05) is 13.7 Å². The van der Waals surface area contributed by atoms with Gasteiger partial charge in [-0.1, -0.05) is 6.07 Å². The van der Waals surface area contributed by atoms with Crippen molar-refractivity contribution in [3.63, 3.8) is 0 Å². The number of hydrogen-bond acceptors (Lipinski definition) is 4. The maximum absolute atomic E-state index is 12.5. The van der Waals surface area contributed by atoms with E-state index in [9.17, 15) is 4.79 Å². The van der Waals surface area contributed by atoms with E-state index in [1.807, 2.05) is 36.6 Å². The maximum atomic E-state index is 12.5. The van der Waals surface area contributed by atoms with Gasteiger partial charge in [0.2, 0.25) is 0 Å². The quantitative estimate of drug-likeness (QED) is 0.909. The molecule has 0 amide bonds. The highest BCUT2D eigenvalue weighted by atomic mass is 32.1. The van der Waals surface area contributed by atoms with Gasteiger partial charge < -0.3 is 15.0 Å². The number of hydrogen-bond donors (Lipinski definition) is 1. The predicted molar refractivity (Wildman–Crippen MR) is 77.7 cm³/mol. The Balaban J connectivity index is 2.39. The van der Waals surface area contributed by atoms with Crippen LogP contribution in [-0.4, -0.2) is 18.3 Å². The molecule has 19 heavy (non-hydrogen) atoms. The lowest BCUT2D eigenvalue weighted by Gasteiger charge is -2.15. The van der Waals surface area contributed by atoms with Gasteiger partial charge >= 0.3 is 0 Å². The fraction of sp³-hybridized carbons (Fsp3) is 0.357.